The number of fused-ring (bicyclic) bond motifs is 3. The number of carbonyl (C=O) groups is 2. The van der Waals surface area contributed by atoms with E-state index in [1.165, 1.54) is 30.5 Å². The smallest absolute Gasteiger partial charge is 0.268 e. The molecule has 0 saturated carbocycles. The van der Waals surface area contributed by atoms with Gasteiger partial charge in [-0.05, 0) is 37.3 Å². The lowest BCUT2D eigenvalue weighted by Crippen LogP contribution is -2.29. The minimum atomic E-state index is -0.578. The predicted octanol–water partition coefficient (Wildman–Crippen LogP) is 4.20. The third kappa shape index (κ3) is 2.83. The Morgan fingerprint density at radius 3 is 2.48 bits per heavy atom. The SMILES string of the molecule is Cc1nn(-c2ccc(Br)cc2)c2ncc3c(c12)C(=O)N(c1cccc([N+](=O)[O-])c1)C3=O. The highest BCUT2D eigenvalue weighted by atomic mass is 79.9. The molecule has 0 N–H and O–H groups in total. The molecule has 10 heteroatoms. The molecule has 0 bridgehead atoms. The van der Waals surface area contributed by atoms with Crippen LogP contribution in [-0.4, -0.2) is 31.5 Å². The first kappa shape index (κ1) is 19.1. The zero-order valence-corrected chi connectivity index (χ0v) is 17.5. The summed E-state index contributed by atoms with van der Waals surface area (Å²) in [5, 5.41) is 16.1. The fourth-order valence-corrected chi connectivity index (χ4v) is 3.97. The van der Waals surface area contributed by atoms with Gasteiger partial charge in [-0.2, -0.15) is 5.10 Å². The van der Waals surface area contributed by atoms with Gasteiger partial charge in [-0.3, -0.25) is 19.7 Å². The summed E-state index contributed by atoms with van der Waals surface area (Å²) in [4.78, 5) is 42.2. The predicted molar refractivity (Wildman–Crippen MR) is 116 cm³/mol. The molecule has 0 radical (unpaired) electrons. The van der Waals surface area contributed by atoms with Crippen LogP contribution in [0.25, 0.3) is 16.7 Å². The van der Waals surface area contributed by atoms with Gasteiger partial charge in [0.1, 0.15) is 0 Å². The molecule has 31 heavy (non-hydrogen) atoms. The molecule has 5 rings (SSSR count). The molecule has 0 aliphatic carbocycles. The molecule has 3 heterocycles. The topological polar surface area (TPSA) is 111 Å². The Bertz CT molecular complexity index is 1430. The van der Waals surface area contributed by atoms with Crippen molar-refractivity contribution in [1.82, 2.24) is 14.8 Å². The lowest BCUT2D eigenvalue weighted by molar-refractivity contribution is -0.384. The summed E-state index contributed by atoms with van der Waals surface area (Å²) in [5.74, 6) is -1.14. The van der Waals surface area contributed by atoms with Crippen LogP contribution in [0.4, 0.5) is 11.4 Å². The molecular weight excluding hydrogens is 466 g/mol. The van der Waals surface area contributed by atoms with Crippen LogP contribution >= 0.6 is 15.9 Å². The third-order valence-corrected chi connectivity index (χ3v) is 5.62. The van der Waals surface area contributed by atoms with Crippen LogP contribution in [0.5, 0.6) is 0 Å². The summed E-state index contributed by atoms with van der Waals surface area (Å²) >= 11 is 3.40. The Morgan fingerprint density at radius 1 is 1.03 bits per heavy atom. The van der Waals surface area contributed by atoms with E-state index in [1.54, 1.807) is 11.6 Å². The molecule has 2 aromatic heterocycles. The van der Waals surface area contributed by atoms with Crippen LogP contribution < -0.4 is 4.90 Å². The van der Waals surface area contributed by atoms with E-state index in [9.17, 15) is 19.7 Å². The number of nitro groups is 1. The molecule has 1 aliphatic rings. The number of imide groups is 1. The molecule has 9 nitrogen and oxygen atoms in total. The van der Waals surface area contributed by atoms with Crippen LogP contribution in [0.15, 0.2) is 59.2 Å². The number of rotatable bonds is 3. The van der Waals surface area contributed by atoms with Crippen LogP contribution in [0.1, 0.15) is 26.4 Å². The van der Waals surface area contributed by atoms with E-state index in [-0.39, 0.29) is 22.5 Å². The number of nitro benzene ring substituents is 1. The van der Waals surface area contributed by atoms with Crippen LogP contribution in [-0.2, 0) is 0 Å². The van der Waals surface area contributed by atoms with Crippen molar-refractivity contribution in [2.75, 3.05) is 4.90 Å². The van der Waals surface area contributed by atoms with Crippen molar-refractivity contribution in [2.45, 2.75) is 6.92 Å². The maximum absolute atomic E-state index is 13.3. The Kier molecular flexibility index (Phi) is 4.19. The normalized spacial score (nSPS) is 13.2. The summed E-state index contributed by atoms with van der Waals surface area (Å²) < 4.78 is 2.53. The molecule has 0 atom stereocenters. The molecule has 0 spiro atoms. The van der Waals surface area contributed by atoms with Gasteiger partial charge >= 0.3 is 0 Å². The molecule has 2 amide bonds. The van der Waals surface area contributed by atoms with Gasteiger partial charge in [0, 0.05) is 22.8 Å². The first-order valence-electron chi connectivity index (χ1n) is 9.14. The van der Waals surface area contributed by atoms with E-state index in [0.717, 1.165) is 15.1 Å². The van der Waals surface area contributed by atoms with Crippen molar-refractivity contribution in [3.8, 4) is 5.69 Å². The second-order valence-corrected chi connectivity index (χ2v) is 7.86. The molecule has 2 aromatic carbocycles. The van der Waals surface area contributed by atoms with E-state index in [1.807, 2.05) is 24.3 Å². The minimum absolute atomic E-state index is 0.131. The van der Waals surface area contributed by atoms with Gasteiger partial charge in [0.25, 0.3) is 17.5 Å². The van der Waals surface area contributed by atoms with E-state index < -0.39 is 16.7 Å². The molecular formula is C21H12BrN5O4. The van der Waals surface area contributed by atoms with Gasteiger partial charge < -0.3 is 0 Å². The van der Waals surface area contributed by atoms with E-state index in [2.05, 4.69) is 26.0 Å². The number of nitrogens with zero attached hydrogens (tertiary/aromatic N) is 5. The molecule has 4 aromatic rings. The Labute approximate surface area is 183 Å². The van der Waals surface area contributed by atoms with Crippen molar-refractivity contribution >= 4 is 50.2 Å². The van der Waals surface area contributed by atoms with Crippen LogP contribution in [0.2, 0.25) is 0 Å². The third-order valence-electron chi connectivity index (χ3n) is 5.09. The molecule has 1 aliphatic heterocycles. The lowest BCUT2D eigenvalue weighted by Gasteiger charge is -2.13. The van der Waals surface area contributed by atoms with Gasteiger partial charge in [-0.1, -0.05) is 22.0 Å². The van der Waals surface area contributed by atoms with Gasteiger partial charge in [0.15, 0.2) is 5.65 Å². The average molecular weight is 478 g/mol. The van der Waals surface area contributed by atoms with Crippen molar-refractivity contribution in [1.29, 1.82) is 0 Å². The number of amides is 2. The number of hydrogen-bond acceptors (Lipinski definition) is 6. The van der Waals surface area contributed by atoms with E-state index >= 15 is 0 Å². The maximum atomic E-state index is 13.3. The standard InChI is InChI=1S/C21H12BrN5O4/c1-11-17-18-16(10-23-19(17)26(24-11)13-7-5-12(22)6-8-13)20(28)25(21(18)29)14-3-2-4-15(9-14)27(30)31/h2-10H,1H3. The van der Waals surface area contributed by atoms with Gasteiger partial charge in [0.05, 0.1) is 38.5 Å². The summed E-state index contributed by atoms with van der Waals surface area (Å²) in [6.07, 6.45) is 1.35. The minimum Gasteiger partial charge on any atom is -0.268 e. The molecule has 0 saturated heterocycles. The quantitative estimate of drug-likeness (QED) is 0.248. The Hall–Kier alpha value is -3.92. The van der Waals surface area contributed by atoms with Crippen molar-refractivity contribution in [3.05, 3.63) is 86.1 Å². The summed E-state index contributed by atoms with van der Waals surface area (Å²) in [7, 11) is 0. The van der Waals surface area contributed by atoms with E-state index in [4.69, 9.17) is 0 Å². The number of aryl methyl sites for hydroxylation is 1. The Morgan fingerprint density at radius 2 is 1.77 bits per heavy atom. The van der Waals surface area contributed by atoms with Crippen molar-refractivity contribution < 1.29 is 14.5 Å². The lowest BCUT2D eigenvalue weighted by atomic mass is 10.1. The number of anilines is 1. The highest BCUT2D eigenvalue weighted by molar-refractivity contribution is 9.10. The number of pyridine rings is 1. The number of aromatic nitrogens is 3. The maximum Gasteiger partial charge on any atom is 0.271 e. The second-order valence-electron chi connectivity index (χ2n) is 6.94. The zero-order valence-electron chi connectivity index (χ0n) is 15.9. The fourth-order valence-electron chi connectivity index (χ4n) is 3.70. The van der Waals surface area contributed by atoms with Crippen LogP contribution in [0, 0.1) is 17.0 Å². The average Bonchev–Trinajstić information content (AvgIpc) is 3.22. The molecule has 0 fully saturated rings. The first-order chi connectivity index (χ1) is 14.9. The van der Waals surface area contributed by atoms with Gasteiger partial charge in [-0.25, -0.2) is 14.6 Å². The summed E-state index contributed by atoms with van der Waals surface area (Å²) in [6, 6.07) is 12.9. The second kappa shape index (κ2) is 6.81. The number of halogens is 1. The summed E-state index contributed by atoms with van der Waals surface area (Å²) in [5.41, 5.74) is 2.00. The Balaban J connectivity index is 1.68. The van der Waals surface area contributed by atoms with E-state index in [0.29, 0.717) is 16.7 Å². The highest BCUT2D eigenvalue weighted by Gasteiger charge is 2.40. The fraction of sp³-hybridized carbons (Fsp3) is 0.0476. The number of carbonyl (C=O) groups excluding carboxylic acids is 2. The molecule has 0 unspecified atom stereocenters. The monoisotopic (exact) mass is 477 g/mol. The number of hydrogen-bond donors (Lipinski definition) is 0. The van der Waals surface area contributed by atoms with Gasteiger partial charge in [0.2, 0.25) is 0 Å². The van der Waals surface area contributed by atoms with Crippen molar-refractivity contribution in [2.24, 2.45) is 0 Å². The summed E-state index contributed by atoms with van der Waals surface area (Å²) in [6.45, 7) is 1.74. The largest absolute Gasteiger partial charge is 0.271 e. The van der Waals surface area contributed by atoms with Crippen molar-refractivity contribution in [3.63, 3.8) is 0 Å². The van der Waals surface area contributed by atoms with Gasteiger partial charge in [-0.15, -0.1) is 0 Å². The number of non-ortho nitro benzene ring substituents is 1. The number of benzene rings is 2. The zero-order chi connectivity index (χ0) is 21.9. The first-order valence-corrected chi connectivity index (χ1v) is 9.93. The highest BCUT2D eigenvalue weighted by Crippen LogP contribution is 2.35. The molecule has 152 valence electrons. The van der Waals surface area contributed by atoms with Crippen LogP contribution in [0.3, 0.4) is 0 Å².